The van der Waals surface area contributed by atoms with E-state index in [9.17, 15) is 9.59 Å². The number of rotatable bonds is 7. The number of carbonyl (C=O) groups is 2. The molecule has 0 spiro atoms. The van der Waals surface area contributed by atoms with Gasteiger partial charge in [-0.25, -0.2) is 9.59 Å². The van der Waals surface area contributed by atoms with Crippen molar-refractivity contribution >= 4 is 11.9 Å². The van der Waals surface area contributed by atoms with Crippen LogP contribution in [0, 0.1) is 0 Å². The van der Waals surface area contributed by atoms with Crippen molar-refractivity contribution in [2.75, 3.05) is 6.61 Å². The zero-order chi connectivity index (χ0) is 11.8. The van der Waals surface area contributed by atoms with Gasteiger partial charge in [-0.2, -0.15) is 0 Å². The Bertz CT molecular complexity index is 214. The maximum absolute atomic E-state index is 11.3. The molecular formula is C10H18O5. The average molecular weight is 218 g/mol. The van der Waals surface area contributed by atoms with Crippen LogP contribution in [0.1, 0.15) is 33.6 Å². The van der Waals surface area contributed by atoms with E-state index in [4.69, 9.17) is 14.6 Å². The van der Waals surface area contributed by atoms with Crippen LogP contribution < -0.4 is 0 Å². The van der Waals surface area contributed by atoms with Crippen molar-refractivity contribution in [2.45, 2.75) is 45.8 Å². The van der Waals surface area contributed by atoms with Crippen LogP contribution in [0.2, 0.25) is 0 Å². The Morgan fingerprint density at radius 1 is 1.33 bits per heavy atom. The van der Waals surface area contributed by atoms with Crippen molar-refractivity contribution in [3.63, 3.8) is 0 Å². The van der Waals surface area contributed by atoms with Gasteiger partial charge >= 0.3 is 11.9 Å². The molecule has 5 nitrogen and oxygen atoms in total. The zero-order valence-electron chi connectivity index (χ0n) is 9.36. The number of aliphatic carboxylic acids is 1. The SMILES string of the molecule is CCCC(C)OC(=O)C(OCC)C(=O)O. The third-order valence-electron chi connectivity index (χ3n) is 1.78. The zero-order valence-corrected chi connectivity index (χ0v) is 9.36. The van der Waals surface area contributed by atoms with Crippen LogP contribution >= 0.6 is 0 Å². The standard InChI is InChI=1S/C10H18O5/c1-4-6-7(3)15-10(13)8(9(11)12)14-5-2/h7-8H,4-6H2,1-3H3,(H,11,12). The second-order valence-electron chi connectivity index (χ2n) is 3.21. The fourth-order valence-electron chi connectivity index (χ4n) is 1.13. The lowest BCUT2D eigenvalue weighted by atomic mass is 10.2. The molecule has 2 atom stereocenters. The van der Waals surface area contributed by atoms with Crippen molar-refractivity contribution in [2.24, 2.45) is 0 Å². The molecule has 0 saturated carbocycles. The van der Waals surface area contributed by atoms with Gasteiger partial charge < -0.3 is 14.6 Å². The average Bonchev–Trinajstić information content (AvgIpc) is 2.13. The van der Waals surface area contributed by atoms with Crippen LogP contribution in [-0.2, 0) is 19.1 Å². The summed E-state index contributed by atoms with van der Waals surface area (Å²) in [6.07, 6.45) is -0.190. The number of hydrogen-bond acceptors (Lipinski definition) is 4. The molecule has 0 aromatic carbocycles. The topological polar surface area (TPSA) is 72.8 Å². The Balaban J connectivity index is 4.19. The molecule has 0 amide bonds. The first-order chi connectivity index (χ1) is 7.02. The van der Waals surface area contributed by atoms with Crippen molar-refractivity contribution in [3.8, 4) is 0 Å². The van der Waals surface area contributed by atoms with Crippen LogP contribution in [-0.4, -0.2) is 35.9 Å². The van der Waals surface area contributed by atoms with E-state index >= 15 is 0 Å². The van der Waals surface area contributed by atoms with Gasteiger partial charge in [0.15, 0.2) is 0 Å². The monoisotopic (exact) mass is 218 g/mol. The van der Waals surface area contributed by atoms with Gasteiger partial charge in [0.05, 0.1) is 6.10 Å². The first-order valence-electron chi connectivity index (χ1n) is 5.07. The maximum Gasteiger partial charge on any atom is 0.347 e. The Morgan fingerprint density at radius 2 is 1.93 bits per heavy atom. The predicted octanol–water partition coefficient (Wildman–Crippen LogP) is 1.21. The van der Waals surface area contributed by atoms with Crippen molar-refractivity contribution in [3.05, 3.63) is 0 Å². The van der Waals surface area contributed by atoms with Crippen molar-refractivity contribution < 1.29 is 24.2 Å². The fraction of sp³-hybridized carbons (Fsp3) is 0.800. The summed E-state index contributed by atoms with van der Waals surface area (Å²) in [6.45, 7) is 5.47. The molecule has 0 fully saturated rings. The lowest BCUT2D eigenvalue weighted by Crippen LogP contribution is -2.36. The summed E-state index contributed by atoms with van der Waals surface area (Å²) in [6, 6.07) is 0. The first-order valence-corrected chi connectivity index (χ1v) is 5.07. The van der Waals surface area contributed by atoms with E-state index in [-0.39, 0.29) is 12.7 Å². The minimum absolute atomic E-state index is 0.161. The number of carboxylic acid groups (broad SMARTS) is 1. The lowest BCUT2D eigenvalue weighted by molar-refractivity contribution is -0.172. The number of ether oxygens (including phenoxy) is 2. The molecule has 2 unspecified atom stereocenters. The molecule has 15 heavy (non-hydrogen) atoms. The van der Waals surface area contributed by atoms with Crippen LogP contribution in [0.5, 0.6) is 0 Å². The molecule has 0 aromatic rings. The van der Waals surface area contributed by atoms with Crippen molar-refractivity contribution in [1.29, 1.82) is 0 Å². The molecule has 0 aliphatic rings. The van der Waals surface area contributed by atoms with Gasteiger partial charge in [0.2, 0.25) is 0 Å². The lowest BCUT2D eigenvalue weighted by Gasteiger charge is -2.16. The molecule has 5 heteroatoms. The molecule has 0 saturated heterocycles. The number of hydrogen-bond donors (Lipinski definition) is 1. The Labute approximate surface area is 89.4 Å². The Morgan fingerprint density at radius 3 is 2.33 bits per heavy atom. The number of carbonyl (C=O) groups excluding carboxylic acids is 1. The maximum atomic E-state index is 11.3. The van der Waals surface area contributed by atoms with E-state index in [0.29, 0.717) is 6.42 Å². The highest BCUT2D eigenvalue weighted by atomic mass is 16.6. The van der Waals surface area contributed by atoms with Crippen LogP contribution in [0.4, 0.5) is 0 Å². The van der Waals surface area contributed by atoms with Gasteiger partial charge in [-0.1, -0.05) is 13.3 Å². The minimum Gasteiger partial charge on any atom is -0.479 e. The predicted molar refractivity (Wildman–Crippen MR) is 53.5 cm³/mol. The molecule has 0 aliphatic heterocycles. The second kappa shape index (κ2) is 7.23. The third-order valence-corrected chi connectivity index (χ3v) is 1.78. The van der Waals surface area contributed by atoms with Gasteiger partial charge in [-0.3, -0.25) is 0 Å². The van der Waals surface area contributed by atoms with E-state index in [2.05, 4.69) is 0 Å². The van der Waals surface area contributed by atoms with Crippen LogP contribution in [0.25, 0.3) is 0 Å². The van der Waals surface area contributed by atoms with Gasteiger partial charge in [0, 0.05) is 6.61 Å². The minimum atomic E-state index is -1.51. The summed E-state index contributed by atoms with van der Waals surface area (Å²) in [5, 5.41) is 8.69. The summed E-state index contributed by atoms with van der Waals surface area (Å²) < 4.78 is 9.69. The number of esters is 1. The van der Waals surface area contributed by atoms with Gasteiger partial charge in [0.1, 0.15) is 0 Å². The van der Waals surface area contributed by atoms with Crippen LogP contribution in [0.3, 0.4) is 0 Å². The fourth-order valence-corrected chi connectivity index (χ4v) is 1.13. The third kappa shape index (κ3) is 5.37. The Kier molecular flexibility index (Phi) is 6.70. The summed E-state index contributed by atoms with van der Waals surface area (Å²) in [5.41, 5.74) is 0. The first kappa shape index (κ1) is 13.9. The van der Waals surface area contributed by atoms with E-state index < -0.39 is 18.0 Å². The largest absolute Gasteiger partial charge is 0.479 e. The normalized spacial score (nSPS) is 14.3. The van der Waals surface area contributed by atoms with Crippen molar-refractivity contribution in [1.82, 2.24) is 0 Å². The smallest absolute Gasteiger partial charge is 0.347 e. The van der Waals surface area contributed by atoms with E-state index in [1.807, 2.05) is 6.92 Å². The highest BCUT2D eigenvalue weighted by molar-refractivity contribution is 5.97. The quantitative estimate of drug-likeness (QED) is 0.513. The summed E-state index contributed by atoms with van der Waals surface area (Å²) >= 11 is 0. The molecule has 0 heterocycles. The van der Waals surface area contributed by atoms with Gasteiger partial charge in [0.25, 0.3) is 6.10 Å². The molecular weight excluding hydrogens is 200 g/mol. The molecule has 0 rings (SSSR count). The molecule has 1 N–H and O–H groups in total. The summed E-state index contributed by atoms with van der Waals surface area (Å²) in [7, 11) is 0. The highest BCUT2D eigenvalue weighted by Gasteiger charge is 2.29. The summed E-state index contributed by atoms with van der Waals surface area (Å²) in [5.74, 6) is -2.14. The van der Waals surface area contributed by atoms with E-state index in [0.717, 1.165) is 6.42 Å². The molecule has 0 bridgehead atoms. The second-order valence-corrected chi connectivity index (χ2v) is 3.21. The molecule has 0 aromatic heterocycles. The molecule has 0 radical (unpaired) electrons. The van der Waals surface area contributed by atoms with E-state index in [1.165, 1.54) is 0 Å². The van der Waals surface area contributed by atoms with Gasteiger partial charge in [-0.05, 0) is 20.3 Å². The molecule has 0 aliphatic carbocycles. The number of carboxylic acids is 1. The summed E-state index contributed by atoms with van der Waals surface area (Å²) in [4.78, 5) is 22.0. The van der Waals surface area contributed by atoms with Gasteiger partial charge in [-0.15, -0.1) is 0 Å². The van der Waals surface area contributed by atoms with Crippen LogP contribution in [0.15, 0.2) is 0 Å². The van der Waals surface area contributed by atoms with E-state index in [1.54, 1.807) is 13.8 Å². The molecule has 88 valence electrons. The Hall–Kier alpha value is -1.10. The highest BCUT2D eigenvalue weighted by Crippen LogP contribution is 2.05.